The SMILES string of the molecule is NCC(COc1cc(F)cc(F)c1)C(F)(F)F. The smallest absolute Gasteiger partial charge is 0.396 e. The van der Waals surface area contributed by atoms with Gasteiger partial charge in [0.15, 0.2) is 0 Å². The molecule has 96 valence electrons. The molecule has 1 rings (SSSR count). The summed E-state index contributed by atoms with van der Waals surface area (Å²) in [6.45, 7) is -1.43. The summed E-state index contributed by atoms with van der Waals surface area (Å²) in [5.41, 5.74) is 4.93. The van der Waals surface area contributed by atoms with Gasteiger partial charge in [-0.05, 0) is 0 Å². The number of hydrogen-bond donors (Lipinski definition) is 1. The third kappa shape index (κ3) is 4.18. The number of ether oxygens (including phenoxy) is 1. The van der Waals surface area contributed by atoms with Crippen molar-refractivity contribution in [2.24, 2.45) is 11.7 Å². The molecule has 17 heavy (non-hydrogen) atoms. The van der Waals surface area contributed by atoms with Crippen molar-refractivity contribution in [2.45, 2.75) is 6.18 Å². The Bertz CT molecular complexity index is 359. The number of halogens is 5. The van der Waals surface area contributed by atoms with Gasteiger partial charge in [-0.1, -0.05) is 0 Å². The van der Waals surface area contributed by atoms with E-state index in [1.165, 1.54) is 0 Å². The van der Waals surface area contributed by atoms with Crippen LogP contribution in [0.15, 0.2) is 18.2 Å². The van der Waals surface area contributed by atoms with Gasteiger partial charge >= 0.3 is 6.18 Å². The van der Waals surface area contributed by atoms with E-state index in [0.29, 0.717) is 6.07 Å². The topological polar surface area (TPSA) is 35.2 Å². The van der Waals surface area contributed by atoms with Gasteiger partial charge in [-0.15, -0.1) is 0 Å². The number of alkyl halides is 3. The van der Waals surface area contributed by atoms with Crippen molar-refractivity contribution >= 4 is 0 Å². The summed E-state index contributed by atoms with van der Waals surface area (Å²) < 4.78 is 66.9. The molecule has 0 saturated carbocycles. The lowest BCUT2D eigenvalue weighted by atomic mass is 10.1. The second-order valence-electron chi connectivity index (χ2n) is 3.39. The van der Waals surface area contributed by atoms with Gasteiger partial charge in [0.05, 0.1) is 0 Å². The molecule has 0 radical (unpaired) electrons. The zero-order valence-electron chi connectivity index (χ0n) is 8.60. The largest absolute Gasteiger partial charge is 0.493 e. The van der Waals surface area contributed by atoms with Gasteiger partial charge in [0.2, 0.25) is 0 Å². The lowest BCUT2D eigenvalue weighted by Gasteiger charge is -2.18. The average Bonchev–Trinajstić information content (AvgIpc) is 2.14. The van der Waals surface area contributed by atoms with Crippen LogP contribution in [0, 0.1) is 17.6 Å². The maximum Gasteiger partial charge on any atom is 0.396 e. The Morgan fingerprint density at radius 3 is 2.06 bits per heavy atom. The lowest BCUT2D eigenvalue weighted by Crippen LogP contribution is -2.35. The first-order valence-electron chi connectivity index (χ1n) is 4.68. The third-order valence-electron chi connectivity index (χ3n) is 2.03. The molecule has 0 fully saturated rings. The molecular weight excluding hydrogens is 245 g/mol. The van der Waals surface area contributed by atoms with Gasteiger partial charge < -0.3 is 10.5 Å². The zero-order chi connectivity index (χ0) is 13.1. The molecule has 0 heterocycles. The quantitative estimate of drug-likeness (QED) is 0.839. The molecule has 1 aromatic carbocycles. The molecule has 1 atom stereocenters. The molecule has 0 spiro atoms. The van der Waals surface area contributed by atoms with Crippen LogP contribution < -0.4 is 10.5 Å². The molecule has 0 aliphatic heterocycles. The highest BCUT2D eigenvalue weighted by Gasteiger charge is 2.39. The van der Waals surface area contributed by atoms with Crippen LogP contribution in [0.3, 0.4) is 0 Å². The van der Waals surface area contributed by atoms with Gasteiger partial charge in [-0.3, -0.25) is 0 Å². The van der Waals surface area contributed by atoms with E-state index in [-0.39, 0.29) is 5.75 Å². The predicted octanol–water partition coefficient (Wildman–Crippen LogP) is 2.48. The van der Waals surface area contributed by atoms with E-state index in [1.54, 1.807) is 0 Å². The number of nitrogens with two attached hydrogens (primary N) is 1. The molecule has 0 aliphatic carbocycles. The van der Waals surface area contributed by atoms with Crippen LogP contribution in [0.2, 0.25) is 0 Å². The molecule has 0 aliphatic rings. The minimum Gasteiger partial charge on any atom is -0.493 e. The summed E-state index contributed by atoms with van der Waals surface area (Å²) in [6.07, 6.45) is -4.50. The fraction of sp³-hybridized carbons (Fsp3) is 0.400. The minimum atomic E-state index is -4.50. The summed E-state index contributed by atoms with van der Waals surface area (Å²) >= 11 is 0. The van der Waals surface area contributed by atoms with Crippen molar-refractivity contribution in [3.8, 4) is 5.75 Å². The summed E-state index contributed by atoms with van der Waals surface area (Å²) in [4.78, 5) is 0. The fourth-order valence-corrected chi connectivity index (χ4v) is 1.10. The maximum atomic E-state index is 12.7. The molecule has 0 saturated heterocycles. The first-order valence-corrected chi connectivity index (χ1v) is 4.68. The Hall–Kier alpha value is -1.37. The van der Waals surface area contributed by atoms with Crippen molar-refractivity contribution in [1.82, 2.24) is 0 Å². The highest BCUT2D eigenvalue weighted by molar-refractivity contribution is 5.23. The minimum absolute atomic E-state index is 0.301. The summed E-state index contributed by atoms with van der Waals surface area (Å²) in [5.74, 6) is -4.01. The van der Waals surface area contributed by atoms with Gasteiger partial charge in [0.25, 0.3) is 0 Å². The van der Waals surface area contributed by atoms with Crippen LogP contribution in [0.5, 0.6) is 5.75 Å². The summed E-state index contributed by atoms with van der Waals surface area (Å²) in [7, 11) is 0. The van der Waals surface area contributed by atoms with E-state index >= 15 is 0 Å². The fourth-order valence-electron chi connectivity index (χ4n) is 1.10. The number of hydrogen-bond acceptors (Lipinski definition) is 2. The van der Waals surface area contributed by atoms with Gasteiger partial charge in [0, 0.05) is 24.7 Å². The molecule has 0 aromatic heterocycles. The third-order valence-corrected chi connectivity index (χ3v) is 2.03. The van der Waals surface area contributed by atoms with Crippen LogP contribution in [0.4, 0.5) is 22.0 Å². The first kappa shape index (κ1) is 13.7. The van der Waals surface area contributed by atoms with Crippen molar-refractivity contribution in [1.29, 1.82) is 0 Å². The van der Waals surface area contributed by atoms with Crippen LogP contribution in [-0.4, -0.2) is 19.3 Å². The first-order chi connectivity index (χ1) is 7.82. The van der Waals surface area contributed by atoms with Crippen LogP contribution in [0.1, 0.15) is 0 Å². The van der Waals surface area contributed by atoms with Crippen molar-refractivity contribution in [3.63, 3.8) is 0 Å². The maximum absolute atomic E-state index is 12.7. The van der Waals surface area contributed by atoms with Crippen molar-refractivity contribution < 1.29 is 26.7 Å². The molecule has 2 nitrogen and oxygen atoms in total. The van der Waals surface area contributed by atoms with E-state index < -0.39 is 36.9 Å². The van der Waals surface area contributed by atoms with E-state index in [4.69, 9.17) is 5.73 Å². The van der Waals surface area contributed by atoms with Gasteiger partial charge in [0.1, 0.15) is 29.9 Å². The van der Waals surface area contributed by atoms with Crippen molar-refractivity contribution in [2.75, 3.05) is 13.2 Å². The average molecular weight is 255 g/mol. The monoisotopic (exact) mass is 255 g/mol. The summed E-state index contributed by atoms with van der Waals surface area (Å²) in [5, 5.41) is 0. The molecule has 0 bridgehead atoms. The Balaban J connectivity index is 2.66. The van der Waals surface area contributed by atoms with E-state index in [0.717, 1.165) is 12.1 Å². The van der Waals surface area contributed by atoms with Crippen LogP contribution >= 0.6 is 0 Å². The second-order valence-corrected chi connectivity index (χ2v) is 3.39. The highest BCUT2D eigenvalue weighted by Crippen LogP contribution is 2.26. The Labute approximate surface area is 94.2 Å². The van der Waals surface area contributed by atoms with E-state index in [2.05, 4.69) is 4.74 Å². The molecule has 7 heteroatoms. The zero-order valence-corrected chi connectivity index (χ0v) is 8.60. The van der Waals surface area contributed by atoms with Gasteiger partial charge in [-0.25, -0.2) is 8.78 Å². The second kappa shape index (κ2) is 5.31. The van der Waals surface area contributed by atoms with E-state index in [9.17, 15) is 22.0 Å². The number of rotatable bonds is 4. The lowest BCUT2D eigenvalue weighted by molar-refractivity contribution is -0.178. The van der Waals surface area contributed by atoms with Crippen LogP contribution in [0.25, 0.3) is 0 Å². The molecule has 0 amide bonds. The summed E-state index contributed by atoms with van der Waals surface area (Å²) in [6, 6.07) is 2.19. The van der Waals surface area contributed by atoms with Crippen LogP contribution in [-0.2, 0) is 0 Å². The van der Waals surface area contributed by atoms with Crippen molar-refractivity contribution in [3.05, 3.63) is 29.8 Å². The number of benzene rings is 1. The Morgan fingerprint density at radius 2 is 1.65 bits per heavy atom. The molecule has 1 unspecified atom stereocenters. The molecule has 2 N–H and O–H groups in total. The van der Waals surface area contributed by atoms with Gasteiger partial charge in [-0.2, -0.15) is 13.2 Å². The normalized spacial score (nSPS) is 13.5. The standard InChI is InChI=1S/C10H10F5NO/c11-7-1-8(12)3-9(2-7)17-5-6(4-16)10(13,14)15/h1-3,6H,4-5,16H2. The Morgan fingerprint density at radius 1 is 1.12 bits per heavy atom. The Kier molecular flexibility index (Phi) is 4.28. The molecule has 1 aromatic rings. The predicted molar refractivity (Wildman–Crippen MR) is 50.5 cm³/mol. The molecular formula is C10H10F5NO. The van der Waals surface area contributed by atoms with E-state index in [1.807, 2.05) is 0 Å². The highest BCUT2D eigenvalue weighted by atomic mass is 19.4.